The van der Waals surface area contributed by atoms with E-state index in [9.17, 15) is 0 Å². The fourth-order valence-corrected chi connectivity index (χ4v) is 1.47. The first-order valence-electron chi connectivity index (χ1n) is 4.50. The molecule has 1 atom stereocenters. The second-order valence-corrected chi connectivity index (χ2v) is 3.13. The zero-order valence-corrected chi connectivity index (χ0v) is 7.36. The Bertz CT molecular complexity index is 288. The van der Waals surface area contributed by atoms with Crippen molar-refractivity contribution in [2.75, 3.05) is 18.5 Å². The highest BCUT2D eigenvalue weighted by Crippen LogP contribution is 2.28. The van der Waals surface area contributed by atoms with Crippen LogP contribution in [-0.2, 0) is 0 Å². The van der Waals surface area contributed by atoms with E-state index in [-0.39, 0.29) is 12.7 Å². The van der Waals surface area contributed by atoms with E-state index in [1.807, 2.05) is 24.3 Å². The van der Waals surface area contributed by atoms with Crippen LogP contribution in [0.4, 0.5) is 5.69 Å². The summed E-state index contributed by atoms with van der Waals surface area (Å²) in [6, 6.07) is 7.85. The lowest BCUT2D eigenvalue weighted by Crippen LogP contribution is -2.31. The summed E-state index contributed by atoms with van der Waals surface area (Å²) in [7, 11) is 0. The molecule has 1 aromatic carbocycles. The topological polar surface area (TPSA) is 41.5 Å². The van der Waals surface area contributed by atoms with Gasteiger partial charge in [-0.15, -0.1) is 0 Å². The molecule has 0 saturated heterocycles. The molecule has 1 aromatic rings. The van der Waals surface area contributed by atoms with Gasteiger partial charge >= 0.3 is 0 Å². The predicted octanol–water partition coefficient (Wildman–Crippen LogP) is 1.24. The Morgan fingerprint density at radius 3 is 3.15 bits per heavy atom. The SMILES string of the molecule is OCCC1CNc2ccccc2O1. The number of hydrogen-bond donors (Lipinski definition) is 2. The van der Waals surface area contributed by atoms with Crippen LogP contribution in [0.2, 0.25) is 0 Å². The summed E-state index contributed by atoms with van der Waals surface area (Å²) in [6.07, 6.45) is 0.779. The highest BCUT2D eigenvalue weighted by atomic mass is 16.5. The van der Waals surface area contributed by atoms with Gasteiger partial charge in [-0.05, 0) is 12.1 Å². The van der Waals surface area contributed by atoms with Crippen molar-refractivity contribution in [3.63, 3.8) is 0 Å². The van der Waals surface area contributed by atoms with Crippen LogP contribution in [0.5, 0.6) is 5.75 Å². The van der Waals surface area contributed by atoms with Crippen LogP contribution in [0.25, 0.3) is 0 Å². The van der Waals surface area contributed by atoms with Gasteiger partial charge in [-0.1, -0.05) is 12.1 Å². The van der Waals surface area contributed by atoms with E-state index in [1.165, 1.54) is 0 Å². The number of hydrogen-bond acceptors (Lipinski definition) is 3. The van der Waals surface area contributed by atoms with Crippen LogP contribution in [0.15, 0.2) is 24.3 Å². The monoisotopic (exact) mass is 179 g/mol. The molecule has 2 rings (SSSR count). The number of ether oxygens (including phenoxy) is 1. The summed E-state index contributed by atoms with van der Waals surface area (Å²) in [5.41, 5.74) is 1.04. The lowest BCUT2D eigenvalue weighted by Gasteiger charge is -2.26. The molecule has 0 fully saturated rings. The molecule has 0 bridgehead atoms. The lowest BCUT2D eigenvalue weighted by atomic mass is 10.2. The minimum atomic E-state index is 0.0971. The molecule has 2 N–H and O–H groups in total. The minimum absolute atomic E-state index is 0.0971. The number of nitrogens with one attached hydrogen (secondary N) is 1. The Balaban J connectivity index is 2.11. The number of benzene rings is 1. The van der Waals surface area contributed by atoms with Gasteiger partial charge in [0, 0.05) is 13.0 Å². The fourth-order valence-electron chi connectivity index (χ4n) is 1.47. The molecular weight excluding hydrogens is 166 g/mol. The highest BCUT2D eigenvalue weighted by Gasteiger charge is 2.17. The molecule has 13 heavy (non-hydrogen) atoms. The molecule has 0 aliphatic carbocycles. The summed E-state index contributed by atoms with van der Waals surface area (Å²) in [6.45, 7) is 0.950. The molecule has 1 aliphatic rings. The second-order valence-electron chi connectivity index (χ2n) is 3.13. The average Bonchev–Trinajstić information content (AvgIpc) is 2.18. The summed E-state index contributed by atoms with van der Waals surface area (Å²) in [5.74, 6) is 0.882. The van der Waals surface area contributed by atoms with E-state index in [2.05, 4.69) is 5.32 Å². The van der Waals surface area contributed by atoms with Crippen molar-refractivity contribution in [2.45, 2.75) is 12.5 Å². The van der Waals surface area contributed by atoms with Crippen LogP contribution < -0.4 is 10.1 Å². The van der Waals surface area contributed by atoms with Gasteiger partial charge in [-0.25, -0.2) is 0 Å². The lowest BCUT2D eigenvalue weighted by molar-refractivity contribution is 0.158. The van der Waals surface area contributed by atoms with Crippen molar-refractivity contribution >= 4 is 5.69 Å². The van der Waals surface area contributed by atoms with Crippen LogP contribution in [0, 0.1) is 0 Å². The first kappa shape index (κ1) is 8.38. The minimum Gasteiger partial charge on any atom is -0.486 e. The van der Waals surface area contributed by atoms with Gasteiger partial charge < -0.3 is 15.2 Å². The summed E-state index contributed by atoms with van der Waals surface area (Å²) < 4.78 is 5.65. The highest BCUT2D eigenvalue weighted by molar-refractivity contribution is 5.57. The maximum atomic E-state index is 8.76. The van der Waals surface area contributed by atoms with Crippen LogP contribution >= 0.6 is 0 Å². The quantitative estimate of drug-likeness (QED) is 0.717. The van der Waals surface area contributed by atoms with Crippen molar-refractivity contribution in [3.05, 3.63) is 24.3 Å². The summed E-state index contributed by atoms with van der Waals surface area (Å²) >= 11 is 0. The summed E-state index contributed by atoms with van der Waals surface area (Å²) in [4.78, 5) is 0. The van der Waals surface area contributed by atoms with Gasteiger partial charge in [-0.2, -0.15) is 0 Å². The first-order chi connectivity index (χ1) is 6.40. The number of aliphatic hydroxyl groups is 1. The number of rotatable bonds is 2. The molecule has 0 spiro atoms. The van der Waals surface area contributed by atoms with Crippen molar-refractivity contribution in [2.24, 2.45) is 0 Å². The van der Waals surface area contributed by atoms with E-state index in [0.717, 1.165) is 18.0 Å². The zero-order chi connectivity index (χ0) is 9.10. The normalized spacial score (nSPS) is 19.9. The van der Waals surface area contributed by atoms with Crippen molar-refractivity contribution in [1.82, 2.24) is 0 Å². The average molecular weight is 179 g/mol. The number of para-hydroxylation sites is 2. The van der Waals surface area contributed by atoms with Crippen molar-refractivity contribution in [1.29, 1.82) is 0 Å². The standard InChI is InChI=1S/C10H13NO2/c12-6-5-8-7-11-9-3-1-2-4-10(9)13-8/h1-4,8,11-12H,5-7H2. The van der Waals surface area contributed by atoms with Crippen molar-refractivity contribution < 1.29 is 9.84 Å². The number of fused-ring (bicyclic) bond motifs is 1. The smallest absolute Gasteiger partial charge is 0.142 e. The van der Waals surface area contributed by atoms with Gasteiger partial charge in [0.25, 0.3) is 0 Å². The first-order valence-corrected chi connectivity index (χ1v) is 4.50. The van der Waals surface area contributed by atoms with Crippen molar-refractivity contribution in [3.8, 4) is 5.75 Å². The molecule has 1 aliphatic heterocycles. The Morgan fingerprint density at radius 1 is 1.46 bits per heavy atom. The molecular formula is C10H13NO2. The van der Waals surface area contributed by atoms with Crippen LogP contribution in [0.1, 0.15) is 6.42 Å². The Morgan fingerprint density at radius 2 is 2.31 bits per heavy atom. The van der Waals surface area contributed by atoms with E-state index in [4.69, 9.17) is 9.84 Å². The fraction of sp³-hybridized carbons (Fsp3) is 0.400. The Hall–Kier alpha value is -1.22. The maximum Gasteiger partial charge on any atom is 0.142 e. The van der Waals surface area contributed by atoms with E-state index in [1.54, 1.807) is 0 Å². The molecule has 0 aromatic heterocycles. The van der Waals surface area contributed by atoms with Gasteiger partial charge in [0.15, 0.2) is 0 Å². The third kappa shape index (κ3) is 1.75. The van der Waals surface area contributed by atoms with E-state index >= 15 is 0 Å². The van der Waals surface area contributed by atoms with Gasteiger partial charge in [0.2, 0.25) is 0 Å². The molecule has 1 unspecified atom stereocenters. The van der Waals surface area contributed by atoms with Gasteiger partial charge in [0.05, 0.1) is 12.2 Å². The van der Waals surface area contributed by atoms with Gasteiger partial charge in [0.1, 0.15) is 11.9 Å². The Kier molecular flexibility index (Phi) is 2.36. The van der Waals surface area contributed by atoms with E-state index in [0.29, 0.717) is 6.42 Å². The third-order valence-corrected chi connectivity index (χ3v) is 2.15. The third-order valence-electron chi connectivity index (χ3n) is 2.15. The number of anilines is 1. The maximum absolute atomic E-state index is 8.76. The van der Waals surface area contributed by atoms with Gasteiger partial charge in [-0.3, -0.25) is 0 Å². The molecule has 0 amide bonds. The number of aliphatic hydroxyl groups excluding tert-OH is 1. The van der Waals surface area contributed by atoms with Crippen LogP contribution in [0.3, 0.4) is 0 Å². The predicted molar refractivity (Wildman–Crippen MR) is 51.1 cm³/mol. The summed E-state index contributed by atoms with van der Waals surface area (Å²) in [5, 5.41) is 12.0. The molecule has 0 saturated carbocycles. The zero-order valence-electron chi connectivity index (χ0n) is 7.36. The van der Waals surface area contributed by atoms with Crippen LogP contribution in [-0.4, -0.2) is 24.4 Å². The van der Waals surface area contributed by atoms with E-state index < -0.39 is 0 Å². The molecule has 3 nitrogen and oxygen atoms in total. The largest absolute Gasteiger partial charge is 0.486 e. The Labute approximate surface area is 77.3 Å². The second kappa shape index (κ2) is 3.66. The molecule has 70 valence electrons. The molecule has 1 heterocycles. The molecule has 0 radical (unpaired) electrons. The molecule has 3 heteroatoms.